The molecule has 2 aromatic rings. The molecule has 2 aliphatic rings. The minimum atomic E-state index is 0.126. The van der Waals surface area contributed by atoms with Crippen LogP contribution >= 0.6 is 0 Å². The second-order valence-electron chi connectivity index (χ2n) is 9.28. The molecule has 0 bridgehead atoms. The van der Waals surface area contributed by atoms with Crippen LogP contribution in [0.4, 0.5) is 5.69 Å². The van der Waals surface area contributed by atoms with Crippen LogP contribution in [0.3, 0.4) is 0 Å². The number of benzene rings is 2. The van der Waals surface area contributed by atoms with E-state index in [2.05, 4.69) is 30.1 Å². The quantitative estimate of drug-likeness (QED) is 0.686. The first-order valence-corrected chi connectivity index (χ1v) is 11.3. The summed E-state index contributed by atoms with van der Waals surface area (Å²) >= 11 is 0. The zero-order valence-corrected chi connectivity index (χ0v) is 19.8. The second-order valence-corrected chi connectivity index (χ2v) is 9.28. The average molecular weight is 439 g/mol. The lowest BCUT2D eigenvalue weighted by Crippen LogP contribution is -2.36. The van der Waals surface area contributed by atoms with Crippen molar-refractivity contribution in [1.29, 1.82) is 0 Å². The van der Waals surface area contributed by atoms with Crippen LogP contribution in [0, 0.1) is 25.2 Å². The largest absolute Gasteiger partial charge is 0.496 e. The van der Waals surface area contributed by atoms with Gasteiger partial charge >= 0.3 is 0 Å². The van der Waals surface area contributed by atoms with Crippen LogP contribution in [0.1, 0.15) is 36.0 Å². The molecule has 32 heavy (non-hydrogen) atoms. The van der Waals surface area contributed by atoms with Crippen molar-refractivity contribution in [2.75, 3.05) is 39.7 Å². The van der Waals surface area contributed by atoms with Crippen molar-refractivity contribution in [3.05, 3.63) is 47.0 Å². The van der Waals surface area contributed by atoms with Crippen molar-refractivity contribution in [3.63, 3.8) is 0 Å². The monoisotopic (exact) mass is 438 g/mol. The number of rotatable bonds is 7. The summed E-state index contributed by atoms with van der Waals surface area (Å²) in [6.07, 6.45) is 3.10. The maximum absolute atomic E-state index is 12.9. The summed E-state index contributed by atoms with van der Waals surface area (Å²) in [6.45, 7) is 6.86. The summed E-state index contributed by atoms with van der Waals surface area (Å²) < 4.78 is 16.5. The fraction of sp³-hybridized carbons (Fsp3) is 0.500. The lowest BCUT2D eigenvalue weighted by atomic mass is 9.90. The summed E-state index contributed by atoms with van der Waals surface area (Å²) in [6, 6.07) is 10.1. The molecule has 1 atom stereocenters. The Bertz CT molecular complexity index is 975. The number of piperidine rings is 1. The van der Waals surface area contributed by atoms with Gasteiger partial charge in [0.15, 0.2) is 11.5 Å². The van der Waals surface area contributed by atoms with Crippen LogP contribution in [0.5, 0.6) is 17.2 Å². The molecular formula is C26H34N2O4. The van der Waals surface area contributed by atoms with Gasteiger partial charge in [0.1, 0.15) is 5.75 Å². The topological polar surface area (TPSA) is 60.0 Å². The molecule has 2 aromatic carbocycles. The third kappa shape index (κ3) is 4.56. The molecule has 1 amide bonds. The van der Waals surface area contributed by atoms with E-state index in [1.165, 1.54) is 11.1 Å². The first-order valence-electron chi connectivity index (χ1n) is 11.3. The summed E-state index contributed by atoms with van der Waals surface area (Å²) in [5, 5.41) is 3.15. The van der Waals surface area contributed by atoms with Gasteiger partial charge in [0.25, 0.3) is 0 Å². The van der Waals surface area contributed by atoms with Gasteiger partial charge in [-0.2, -0.15) is 0 Å². The van der Waals surface area contributed by atoms with E-state index >= 15 is 0 Å². The number of hydrogen-bond acceptors (Lipinski definition) is 5. The van der Waals surface area contributed by atoms with Crippen molar-refractivity contribution in [2.24, 2.45) is 11.3 Å². The predicted octanol–water partition coefficient (Wildman–Crippen LogP) is 4.57. The Morgan fingerprint density at radius 3 is 2.12 bits per heavy atom. The number of anilines is 1. The Balaban J connectivity index is 1.35. The first kappa shape index (κ1) is 22.5. The standard InChI is InChI=1S/C26H34N2O4/c1-17-10-18(2)12-20(11-17)27-25(29)21-15-26(21)6-8-28(9-7-26)16-19-13-23(31-4)24(32-5)14-22(19)30-3/h10-14,21H,6-9,15-16H2,1-5H3,(H,27,29)/t21-/m0/s1. The number of likely N-dealkylation sites (tertiary alicyclic amines) is 1. The Morgan fingerprint density at radius 2 is 1.53 bits per heavy atom. The molecule has 1 aliphatic carbocycles. The normalized spacial score (nSPS) is 19.5. The van der Waals surface area contributed by atoms with Crippen molar-refractivity contribution >= 4 is 11.6 Å². The van der Waals surface area contributed by atoms with Gasteiger partial charge in [-0.25, -0.2) is 0 Å². The van der Waals surface area contributed by atoms with Crippen LogP contribution in [0.2, 0.25) is 0 Å². The first-order chi connectivity index (χ1) is 15.4. The highest BCUT2D eigenvalue weighted by atomic mass is 16.5. The minimum absolute atomic E-state index is 0.126. The van der Waals surface area contributed by atoms with E-state index in [1.54, 1.807) is 21.3 Å². The SMILES string of the molecule is COc1cc(OC)c(OC)cc1CN1CCC2(CC1)C[C@H]2C(=O)Nc1cc(C)cc(C)c1. The van der Waals surface area contributed by atoms with Gasteiger partial charge in [-0.15, -0.1) is 0 Å². The Kier molecular flexibility index (Phi) is 6.33. The Morgan fingerprint density at radius 1 is 0.938 bits per heavy atom. The maximum Gasteiger partial charge on any atom is 0.228 e. The second kappa shape index (κ2) is 9.02. The van der Waals surface area contributed by atoms with E-state index in [4.69, 9.17) is 14.2 Å². The molecular weight excluding hydrogens is 404 g/mol. The number of aryl methyl sites for hydroxylation is 2. The highest BCUT2D eigenvalue weighted by Crippen LogP contribution is 2.59. The van der Waals surface area contributed by atoms with Crippen LogP contribution in [-0.4, -0.2) is 45.2 Å². The molecule has 0 radical (unpaired) electrons. The summed E-state index contributed by atoms with van der Waals surface area (Å²) in [5.74, 6) is 2.48. The molecule has 1 spiro atoms. The lowest BCUT2D eigenvalue weighted by molar-refractivity contribution is -0.118. The van der Waals surface area contributed by atoms with E-state index in [0.717, 1.165) is 55.9 Å². The number of carbonyl (C=O) groups is 1. The average Bonchev–Trinajstić information content (AvgIpc) is 3.48. The van der Waals surface area contributed by atoms with Gasteiger partial charge in [0.2, 0.25) is 5.91 Å². The number of nitrogens with zero attached hydrogens (tertiary/aromatic N) is 1. The molecule has 1 N–H and O–H groups in total. The summed E-state index contributed by atoms with van der Waals surface area (Å²) in [7, 11) is 4.96. The van der Waals surface area contributed by atoms with E-state index in [0.29, 0.717) is 11.5 Å². The third-order valence-corrected chi connectivity index (χ3v) is 7.03. The number of ether oxygens (including phenoxy) is 3. The smallest absolute Gasteiger partial charge is 0.228 e. The molecule has 2 fully saturated rings. The molecule has 1 aliphatic heterocycles. The Labute approximate surface area is 190 Å². The fourth-order valence-electron chi connectivity index (χ4n) is 5.16. The van der Waals surface area contributed by atoms with Gasteiger partial charge in [-0.1, -0.05) is 6.07 Å². The summed E-state index contributed by atoms with van der Waals surface area (Å²) in [5.41, 5.74) is 4.50. The fourth-order valence-corrected chi connectivity index (χ4v) is 5.16. The van der Waals surface area contributed by atoms with Crippen LogP contribution in [-0.2, 0) is 11.3 Å². The van der Waals surface area contributed by atoms with Crippen molar-refractivity contribution in [1.82, 2.24) is 4.90 Å². The van der Waals surface area contributed by atoms with Crippen molar-refractivity contribution < 1.29 is 19.0 Å². The summed E-state index contributed by atoms with van der Waals surface area (Å²) in [4.78, 5) is 15.3. The zero-order valence-electron chi connectivity index (χ0n) is 19.8. The molecule has 4 rings (SSSR count). The molecule has 1 saturated carbocycles. The lowest BCUT2D eigenvalue weighted by Gasteiger charge is -2.33. The van der Waals surface area contributed by atoms with Crippen LogP contribution in [0.15, 0.2) is 30.3 Å². The predicted molar refractivity (Wildman–Crippen MR) is 126 cm³/mol. The number of methoxy groups -OCH3 is 3. The van der Waals surface area contributed by atoms with Gasteiger partial charge in [0, 0.05) is 29.8 Å². The molecule has 0 unspecified atom stereocenters. The molecule has 6 nitrogen and oxygen atoms in total. The highest BCUT2D eigenvalue weighted by molar-refractivity contribution is 5.95. The molecule has 6 heteroatoms. The number of amides is 1. The highest BCUT2D eigenvalue weighted by Gasteiger charge is 2.58. The van der Waals surface area contributed by atoms with Gasteiger partial charge < -0.3 is 19.5 Å². The van der Waals surface area contributed by atoms with E-state index < -0.39 is 0 Å². The maximum atomic E-state index is 12.9. The Hall–Kier alpha value is -2.73. The molecule has 1 heterocycles. The number of nitrogens with one attached hydrogen (secondary N) is 1. The van der Waals surface area contributed by atoms with Crippen molar-refractivity contribution in [2.45, 2.75) is 39.7 Å². The zero-order chi connectivity index (χ0) is 22.9. The number of carbonyl (C=O) groups excluding carboxylic acids is 1. The molecule has 172 valence electrons. The number of hydrogen-bond donors (Lipinski definition) is 1. The van der Waals surface area contributed by atoms with Crippen LogP contribution < -0.4 is 19.5 Å². The minimum Gasteiger partial charge on any atom is -0.496 e. The molecule has 1 saturated heterocycles. The van der Waals surface area contributed by atoms with Gasteiger partial charge in [0.05, 0.1) is 21.3 Å². The van der Waals surface area contributed by atoms with Crippen LogP contribution in [0.25, 0.3) is 0 Å². The third-order valence-electron chi connectivity index (χ3n) is 7.03. The van der Waals surface area contributed by atoms with E-state index in [1.807, 2.05) is 24.3 Å². The van der Waals surface area contributed by atoms with Gasteiger partial charge in [-0.3, -0.25) is 9.69 Å². The van der Waals surface area contributed by atoms with E-state index in [9.17, 15) is 4.79 Å². The van der Waals surface area contributed by atoms with Gasteiger partial charge in [-0.05, 0) is 80.9 Å². The molecule has 0 aromatic heterocycles. The van der Waals surface area contributed by atoms with E-state index in [-0.39, 0.29) is 17.2 Å². The van der Waals surface area contributed by atoms with Crippen molar-refractivity contribution in [3.8, 4) is 17.2 Å².